The van der Waals surface area contributed by atoms with Crippen molar-refractivity contribution in [2.75, 3.05) is 6.61 Å². The normalized spacial score (nSPS) is 14.0. The third kappa shape index (κ3) is 5.07. The van der Waals surface area contributed by atoms with Crippen LogP contribution in [0.4, 0.5) is 0 Å². The SMILES string of the molecule is Br.CCCCOC1=CC(=O)c2ccccc2C1=O.O=C1C=CC(=O)c2ccccc21. The van der Waals surface area contributed by atoms with Crippen molar-refractivity contribution < 1.29 is 23.9 Å². The van der Waals surface area contributed by atoms with Crippen molar-refractivity contribution in [1.29, 1.82) is 0 Å². The first kappa shape index (κ1) is 23.2. The van der Waals surface area contributed by atoms with E-state index in [0.29, 0.717) is 28.9 Å². The molecule has 0 fully saturated rings. The van der Waals surface area contributed by atoms with Gasteiger partial charge in [-0.1, -0.05) is 61.9 Å². The number of fused-ring (bicyclic) bond motifs is 2. The van der Waals surface area contributed by atoms with E-state index in [-0.39, 0.29) is 45.9 Å². The van der Waals surface area contributed by atoms with E-state index >= 15 is 0 Å². The molecule has 0 amide bonds. The minimum absolute atomic E-state index is 0. The Labute approximate surface area is 185 Å². The van der Waals surface area contributed by atoms with Crippen molar-refractivity contribution in [2.24, 2.45) is 0 Å². The summed E-state index contributed by atoms with van der Waals surface area (Å²) in [5.74, 6) is -0.374. The van der Waals surface area contributed by atoms with E-state index < -0.39 is 0 Å². The Kier molecular flexibility index (Phi) is 8.18. The summed E-state index contributed by atoms with van der Waals surface area (Å²) >= 11 is 0. The Morgan fingerprint density at radius 3 is 1.67 bits per heavy atom. The summed E-state index contributed by atoms with van der Waals surface area (Å²) in [7, 11) is 0. The summed E-state index contributed by atoms with van der Waals surface area (Å²) in [5.41, 5.74) is 1.90. The Balaban J connectivity index is 0.000000218. The standard InChI is InChI=1S/C14H14O3.C10H6O2.BrH/c1-2-3-8-17-13-9-12(15)10-6-4-5-7-11(10)14(13)16;11-9-5-6-10(12)8-4-2-1-3-7(8)9;/h4-7,9H,2-3,8H2,1H3;1-6H;1H. The zero-order chi connectivity index (χ0) is 20.8. The molecule has 2 aliphatic carbocycles. The maximum absolute atomic E-state index is 12.0. The van der Waals surface area contributed by atoms with Crippen LogP contribution in [0.15, 0.2) is 72.5 Å². The summed E-state index contributed by atoms with van der Waals surface area (Å²) in [6, 6.07) is 13.7. The maximum Gasteiger partial charge on any atom is 0.228 e. The minimum Gasteiger partial charge on any atom is -0.489 e. The van der Waals surface area contributed by atoms with Gasteiger partial charge in [-0.3, -0.25) is 19.2 Å². The number of benzene rings is 2. The summed E-state index contributed by atoms with van der Waals surface area (Å²) in [5, 5.41) is 0. The molecule has 6 heteroatoms. The largest absolute Gasteiger partial charge is 0.489 e. The van der Waals surface area contributed by atoms with Gasteiger partial charge in [0.2, 0.25) is 5.78 Å². The van der Waals surface area contributed by atoms with Gasteiger partial charge in [0.1, 0.15) is 0 Å². The van der Waals surface area contributed by atoms with Crippen LogP contribution in [0.2, 0.25) is 0 Å². The van der Waals surface area contributed by atoms with Crippen molar-refractivity contribution in [2.45, 2.75) is 19.8 Å². The predicted molar refractivity (Wildman–Crippen MR) is 119 cm³/mol. The minimum atomic E-state index is -0.198. The molecule has 4 rings (SSSR count). The fraction of sp³-hybridized carbons (Fsp3) is 0.167. The molecular weight excluding hydrogens is 448 g/mol. The molecule has 154 valence electrons. The van der Waals surface area contributed by atoms with Crippen LogP contribution >= 0.6 is 17.0 Å². The lowest BCUT2D eigenvalue weighted by atomic mass is 9.94. The zero-order valence-corrected chi connectivity index (χ0v) is 18.1. The second-order valence-electron chi connectivity index (χ2n) is 6.56. The van der Waals surface area contributed by atoms with Gasteiger partial charge in [0.15, 0.2) is 23.1 Å². The van der Waals surface area contributed by atoms with Gasteiger partial charge in [-0.25, -0.2) is 0 Å². The van der Waals surface area contributed by atoms with Crippen molar-refractivity contribution in [3.8, 4) is 0 Å². The summed E-state index contributed by atoms with van der Waals surface area (Å²) in [6.45, 7) is 2.52. The number of allylic oxidation sites excluding steroid dienone is 4. The number of Topliss-reactive ketones (excluding diaryl/α,β-unsaturated/α-hetero) is 1. The molecule has 0 unspecified atom stereocenters. The van der Waals surface area contributed by atoms with Crippen LogP contribution in [-0.2, 0) is 4.74 Å². The lowest BCUT2D eigenvalue weighted by Crippen LogP contribution is -2.18. The van der Waals surface area contributed by atoms with Crippen molar-refractivity contribution in [3.05, 3.63) is 94.8 Å². The first-order valence-electron chi connectivity index (χ1n) is 9.41. The molecule has 2 aromatic rings. The molecule has 0 saturated carbocycles. The topological polar surface area (TPSA) is 77.5 Å². The fourth-order valence-electron chi connectivity index (χ4n) is 2.97. The van der Waals surface area contributed by atoms with Gasteiger partial charge in [0, 0.05) is 28.3 Å². The molecule has 5 nitrogen and oxygen atoms in total. The molecule has 30 heavy (non-hydrogen) atoms. The highest BCUT2D eigenvalue weighted by molar-refractivity contribution is 8.93. The molecule has 0 bridgehead atoms. The van der Waals surface area contributed by atoms with E-state index in [9.17, 15) is 19.2 Å². The molecule has 0 saturated heterocycles. The van der Waals surface area contributed by atoms with Crippen LogP contribution < -0.4 is 0 Å². The van der Waals surface area contributed by atoms with E-state index in [1.54, 1.807) is 48.5 Å². The quantitative estimate of drug-likeness (QED) is 0.592. The number of hydrogen-bond donors (Lipinski definition) is 0. The summed E-state index contributed by atoms with van der Waals surface area (Å²) in [6.07, 6.45) is 5.78. The van der Waals surface area contributed by atoms with E-state index in [4.69, 9.17) is 4.74 Å². The molecule has 0 atom stereocenters. The van der Waals surface area contributed by atoms with Crippen LogP contribution in [0.1, 0.15) is 61.2 Å². The number of hydrogen-bond acceptors (Lipinski definition) is 5. The Bertz CT molecular complexity index is 1010. The number of ether oxygens (including phenoxy) is 1. The van der Waals surface area contributed by atoms with Crippen LogP contribution in [0, 0.1) is 0 Å². The lowest BCUT2D eigenvalue weighted by molar-refractivity contribution is 0.0880. The van der Waals surface area contributed by atoms with Gasteiger partial charge in [0.05, 0.1) is 6.61 Å². The van der Waals surface area contributed by atoms with E-state index in [1.807, 2.05) is 6.92 Å². The third-order valence-electron chi connectivity index (χ3n) is 4.52. The van der Waals surface area contributed by atoms with E-state index in [2.05, 4.69) is 0 Å². The molecule has 0 spiro atoms. The zero-order valence-electron chi connectivity index (χ0n) is 16.4. The number of rotatable bonds is 4. The van der Waals surface area contributed by atoms with Gasteiger partial charge in [0.25, 0.3) is 0 Å². The molecule has 0 N–H and O–H groups in total. The summed E-state index contributed by atoms with van der Waals surface area (Å²) in [4.78, 5) is 46.2. The third-order valence-corrected chi connectivity index (χ3v) is 4.52. The van der Waals surface area contributed by atoms with Crippen LogP contribution in [0.3, 0.4) is 0 Å². The average Bonchev–Trinajstić information content (AvgIpc) is 2.75. The molecule has 0 radical (unpaired) electrons. The maximum atomic E-state index is 12.0. The van der Waals surface area contributed by atoms with Gasteiger partial charge in [-0.15, -0.1) is 17.0 Å². The van der Waals surface area contributed by atoms with Gasteiger partial charge in [-0.05, 0) is 18.6 Å². The lowest BCUT2D eigenvalue weighted by Gasteiger charge is -2.15. The summed E-state index contributed by atoms with van der Waals surface area (Å²) < 4.78 is 5.35. The Morgan fingerprint density at radius 1 is 0.700 bits per heavy atom. The Morgan fingerprint density at radius 2 is 1.17 bits per heavy atom. The second-order valence-corrected chi connectivity index (χ2v) is 6.56. The van der Waals surface area contributed by atoms with Crippen LogP contribution in [-0.4, -0.2) is 29.7 Å². The highest BCUT2D eigenvalue weighted by Gasteiger charge is 2.26. The molecule has 0 heterocycles. The average molecular weight is 469 g/mol. The second kappa shape index (κ2) is 10.6. The number of unbranched alkanes of at least 4 members (excludes halogenated alkanes) is 1. The van der Waals surface area contributed by atoms with Crippen LogP contribution in [0.25, 0.3) is 0 Å². The van der Waals surface area contributed by atoms with E-state index in [1.165, 1.54) is 18.2 Å². The Hall–Kier alpha value is -3.12. The molecule has 2 aliphatic rings. The van der Waals surface area contributed by atoms with Crippen LogP contribution in [0.5, 0.6) is 0 Å². The van der Waals surface area contributed by atoms with Crippen molar-refractivity contribution in [3.63, 3.8) is 0 Å². The van der Waals surface area contributed by atoms with E-state index in [0.717, 1.165) is 12.8 Å². The number of carbonyl (C=O) groups is 4. The smallest absolute Gasteiger partial charge is 0.228 e. The molecule has 2 aromatic carbocycles. The highest BCUT2D eigenvalue weighted by Crippen LogP contribution is 2.21. The predicted octanol–water partition coefficient (Wildman–Crippen LogP) is 4.97. The monoisotopic (exact) mass is 468 g/mol. The molecular formula is C24H21BrO5. The number of carbonyl (C=O) groups excluding carboxylic acids is 4. The number of halogens is 1. The first-order chi connectivity index (χ1) is 14.0. The first-order valence-corrected chi connectivity index (χ1v) is 9.41. The van der Waals surface area contributed by atoms with Gasteiger partial charge < -0.3 is 4.74 Å². The highest BCUT2D eigenvalue weighted by atomic mass is 79.9. The molecule has 0 aromatic heterocycles. The van der Waals surface area contributed by atoms with Gasteiger partial charge >= 0.3 is 0 Å². The number of ketones is 4. The molecule has 0 aliphatic heterocycles. The van der Waals surface area contributed by atoms with Crippen molar-refractivity contribution in [1.82, 2.24) is 0 Å². The van der Waals surface area contributed by atoms with Crippen molar-refractivity contribution >= 4 is 40.1 Å². The fourth-order valence-corrected chi connectivity index (χ4v) is 2.97. The van der Waals surface area contributed by atoms with Gasteiger partial charge in [-0.2, -0.15) is 0 Å².